The standard InChI is InChI=1S/C15H24N2O3S/c1-12-13(11-18)5-4-6-15(12)21(19,20)17(3)14-7-9-16(2)10-8-14/h4-6,14,18H,7-11H2,1-3H3. The van der Waals surface area contributed by atoms with Crippen LogP contribution in [0.5, 0.6) is 0 Å². The molecule has 1 heterocycles. The summed E-state index contributed by atoms with van der Waals surface area (Å²) >= 11 is 0. The van der Waals surface area contributed by atoms with Gasteiger partial charge in [0.15, 0.2) is 0 Å². The molecule has 1 fully saturated rings. The number of likely N-dealkylation sites (tertiary alicyclic amines) is 1. The average Bonchev–Trinajstić information content (AvgIpc) is 2.47. The number of rotatable bonds is 4. The van der Waals surface area contributed by atoms with Crippen molar-refractivity contribution in [2.24, 2.45) is 0 Å². The topological polar surface area (TPSA) is 60.9 Å². The van der Waals surface area contributed by atoms with Crippen LogP contribution >= 0.6 is 0 Å². The predicted molar refractivity (Wildman–Crippen MR) is 82.6 cm³/mol. The fourth-order valence-corrected chi connectivity index (χ4v) is 4.50. The highest BCUT2D eigenvalue weighted by Gasteiger charge is 2.31. The number of aliphatic hydroxyl groups is 1. The molecular formula is C15H24N2O3S. The van der Waals surface area contributed by atoms with Crippen molar-refractivity contribution in [3.05, 3.63) is 29.3 Å². The van der Waals surface area contributed by atoms with Crippen molar-refractivity contribution in [2.75, 3.05) is 27.2 Å². The molecule has 0 amide bonds. The summed E-state index contributed by atoms with van der Waals surface area (Å²) in [5.41, 5.74) is 1.30. The lowest BCUT2D eigenvalue weighted by atomic mass is 10.1. The fraction of sp³-hybridized carbons (Fsp3) is 0.600. The zero-order valence-electron chi connectivity index (χ0n) is 12.9. The second-order valence-electron chi connectivity index (χ2n) is 5.75. The third kappa shape index (κ3) is 3.29. The number of sulfonamides is 1. The van der Waals surface area contributed by atoms with E-state index >= 15 is 0 Å². The van der Waals surface area contributed by atoms with Gasteiger partial charge in [-0.3, -0.25) is 0 Å². The molecule has 1 aromatic carbocycles. The quantitative estimate of drug-likeness (QED) is 0.907. The molecule has 0 saturated carbocycles. The molecule has 0 bridgehead atoms. The summed E-state index contributed by atoms with van der Waals surface area (Å²) in [6.45, 7) is 3.44. The van der Waals surface area contributed by atoms with Crippen LogP contribution in [-0.2, 0) is 16.6 Å². The molecule has 1 aromatic rings. The van der Waals surface area contributed by atoms with E-state index in [1.165, 1.54) is 4.31 Å². The van der Waals surface area contributed by atoms with Crippen LogP contribution < -0.4 is 0 Å². The lowest BCUT2D eigenvalue weighted by Crippen LogP contribution is -2.44. The number of hydrogen-bond donors (Lipinski definition) is 1. The van der Waals surface area contributed by atoms with E-state index in [9.17, 15) is 13.5 Å². The van der Waals surface area contributed by atoms with Crippen LogP contribution in [0.3, 0.4) is 0 Å². The summed E-state index contributed by atoms with van der Waals surface area (Å²) in [7, 11) is 0.203. The summed E-state index contributed by atoms with van der Waals surface area (Å²) in [5.74, 6) is 0. The number of piperidine rings is 1. The van der Waals surface area contributed by atoms with Gasteiger partial charge in [-0.1, -0.05) is 12.1 Å². The Morgan fingerprint density at radius 3 is 2.52 bits per heavy atom. The van der Waals surface area contributed by atoms with Crippen LogP contribution in [0.4, 0.5) is 0 Å². The SMILES string of the molecule is Cc1c(CO)cccc1S(=O)(=O)N(C)C1CCN(C)CC1. The molecule has 21 heavy (non-hydrogen) atoms. The monoisotopic (exact) mass is 312 g/mol. The molecule has 1 aliphatic heterocycles. The lowest BCUT2D eigenvalue weighted by molar-refractivity contribution is 0.197. The third-order valence-electron chi connectivity index (χ3n) is 4.43. The van der Waals surface area contributed by atoms with Gasteiger partial charge in [0.1, 0.15) is 0 Å². The molecule has 0 atom stereocenters. The average molecular weight is 312 g/mol. The van der Waals surface area contributed by atoms with E-state index in [1.807, 2.05) is 0 Å². The van der Waals surface area contributed by atoms with Crippen LogP contribution in [0, 0.1) is 6.92 Å². The summed E-state index contributed by atoms with van der Waals surface area (Å²) in [6.07, 6.45) is 1.70. The maximum Gasteiger partial charge on any atom is 0.243 e. The van der Waals surface area contributed by atoms with E-state index in [0.717, 1.165) is 25.9 Å². The highest BCUT2D eigenvalue weighted by molar-refractivity contribution is 7.89. The highest BCUT2D eigenvalue weighted by atomic mass is 32.2. The lowest BCUT2D eigenvalue weighted by Gasteiger charge is -2.34. The number of hydrogen-bond acceptors (Lipinski definition) is 4. The van der Waals surface area contributed by atoms with E-state index < -0.39 is 10.0 Å². The van der Waals surface area contributed by atoms with Gasteiger partial charge in [-0.25, -0.2) is 8.42 Å². The first kappa shape index (κ1) is 16.4. The van der Waals surface area contributed by atoms with Crippen molar-refractivity contribution in [3.8, 4) is 0 Å². The van der Waals surface area contributed by atoms with Gasteiger partial charge in [0, 0.05) is 13.1 Å². The summed E-state index contributed by atoms with van der Waals surface area (Å²) in [4.78, 5) is 2.52. The first-order valence-corrected chi connectivity index (χ1v) is 8.68. The van der Waals surface area contributed by atoms with E-state index in [2.05, 4.69) is 11.9 Å². The smallest absolute Gasteiger partial charge is 0.243 e. The van der Waals surface area contributed by atoms with Crippen molar-refractivity contribution in [1.82, 2.24) is 9.21 Å². The highest BCUT2D eigenvalue weighted by Crippen LogP contribution is 2.26. The molecule has 0 aromatic heterocycles. The van der Waals surface area contributed by atoms with Crippen LogP contribution in [0.1, 0.15) is 24.0 Å². The van der Waals surface area contributed by atoms with Crippen LogP contribution in [0.25, 0.3) is 0 Å². The van der Waals surface area contributed by atoms with Crippen molar-refractivity contribution < 1.29 is 13.5 Å². The molecule has 0 radical (unpaired) electrons. The molecule has 0 aliphatic carbocycles. The molecule has 0 unspecified atom stereocenters. The van der Waals surface area contributed by atoms with Gasteiger partial charge in [0.25, 0.3) is 0 Å². The second-order valence-corrected chi connectivity index (χ2v) is 7.72. The molecule has 1 saturated heterocycles. The van der Waals surface area contributed by atoms with Gasteiger partial charge in [0.05, 0.1) is 11.5 Å². The van der Waals surface area contributed by atoms with Crippen molar-refractivity contribution in [2.45, 2.75) is 37.3 Å². The summed E-state index contributed by atoms with van der Waals surface area (Å²) in [5, 5.41) is 9.31. The Morgan fingerprint density at radius 2 is 1.95 bits per heavy atom. The Labute approximate surface area is 127 Å². The Kier molecular flexibility index (Phi) is 5.03. The first-order chi connectivity index (χ1) is 9.87. The largest absolute Gasteiger partial charge is 0.392 e. The normalized spacial score (nSPS) is 18.3. The van der Waals surface area contributed by atoms with Gasteiger partial charge in [0.2, 0.25) is 10.0 Å². The fourth-order valence-electron chi connectivity index (χ4n) is 2.82. The van der Waals surface area contributed by atoms with Gasteiger partial charge in [-0.2, -0.15) is 4.31 Å². The van der Waals surface area contributed by atoms with Crippen LogP contribution in [-0.4, -0.2) is 56.0 Å². The van der Waals surface area contributed by atoms with E-state index in [0.29, 0.717) is 16.0 Å². The number of nitrogens with zero attached hydrogens (tertiary/aromatic N) is 2. The van der Waals surface area contributed by atoms with Crippen molar-refractivity contribution >= 4 is 10.0 Å². The van der Waals surface area contributed by atoms with Crippen molar-refractivity contribution in [1.29, 1.82) is 0 Å². The Bertz CT molecular complexity index is 593. The van der Waals surface area contributed by atoms with Crippen LogP contribution in [0.15, 0.2) is 23.1 Å². The molecule has 1 N–H and O–H groups in total. The Morgan fingerprint density at radius 1 is 1.33 bits per heavy atom. The van der Waals surface area contributed by atoms with Gasteiger partial charge >= 0.3 is 0 Å². The molecule has 6 heteroatoms. The molecule has 118 valence electrons. The maximum atomic E-state index is 12.8. The second kappa shape index (κ2) is 6.44. The minimum Gasteiger partial charge on any atom is -0.392 e. The predicted octanol–water partition coefficient (Wildman–Crippen LogP) is 1.20. The van der Waals surface area contributed by atoms with Crippen molar-refractivity contribution in [3.63, 3.8) is 0 Å². The third-order valence-corrected chi connectivity index (χ3v) is 6.48. The zero-order valence-corrected chi connectivity index (χ0v) is 13.7. The Balaban J connectivity index is 2.29. The summed E-state index contributed by atoms with van der Waals surface area (Å²) in [6, 6.07) is 5.11. The van der Waals surface area contributed by atoms with E-state index in [-0.39, 0.29) is 12.6 Å². The maximum absolute atomic E-state index is 12.8. The zero-order chi connectivity index (χ0) is 15.6. The van der Waals surface area contributed by atoms with Gasteiger partial charge in [-0.15, -0.1) is 0 Å². The van der Waals surface area contributed by atoms with Gasteiger partial charge < -0.3 is 10.0 Å². The molecule has 0 spiro atoms. The van der Waals surface area contributed by atoms with Crippen LogP contribution in [0.2, 0.25) is 0 Å². The van der Waals surface area contributed by atoms with E-state index in [4.69, 9.17) is 0 Å². The minimum atomic E-state index is -3.52. The van der Waals surface area contributed by atoms with E-state index in [1.54, 1.807) is 32.2 Å². The number of benzene rings is 1. The minimum absolute atomic E-state index is 0.0448. The van der Waals surface area contributed by atoms with Gasteiger partial charge in [-0.05, 0) is 57.1 Å². The molecule has 1 aliphatic rings. The molecule has 2 rings (SSSR count). The molecule has 5 nitrogen and oxygen atoms in total. The first-order valence-electron chi connectivity index (χ1n) is 7.24. The Hall–Kier alpha value is -0.950. The molecular weight excluding hydrogens is 288 g/mol. The summed E-state index contributed by atoms with van der Waals surface area (Å²) < 4.78 is 27.2. The number of aliphatic hydroxyl groups excluding tert-OH is 1.